The minimum absolute atomic E-state index is 0.348. The van der Waals surface area contributed by atoms with Crippen molar-refractivity contribution in [3.8, 4) is 0 Å². The van der Waals surface area contributed by atoms with Gasteiger partial charge in [-0.2, -0.15) is 0 Å². The third-order valence-electron chi connectivity index (χ3n) is 3.59. The van der Waals surface area contributed by atoms with Crippen LogP contribution in [0.4, 0.5) is 5.82 Å². The molecule has 0 spiro atoms. The van der Waals surface area contributed by atoms with Crippen LogP contribution in [0.2, 0.25) is 0 Å². The molecule has 0 saturated carbocycles. The first-order chi connectivity index (χ1) is 10.1. The highest BCUT2D eigenvalue weighted by Gasteiger charge is 2.09. The first-order valence-corrected chi connectivity index (χ1v) is 8.29. The average molecular weight is 304 g/mol. The van der Waals surface area contributed by atoms with Gasteiger partial charge in [0.25, 0.3) is 0 Å². The number of aromatic nitrogens is 2. The van der Waals surface area contributed by atoms with Crippen molar-refractivity contribution in [1.82, 2.24) is 15.3 Å². The fraction of sp³-hybridized carbons (Fsp3) is 0.500. The molecule has 21 heavy (non-hydrogen) atoms. The maximum absolute atomic E-state index is 4.59. The summed E-state index contributed by atoms with van der Waals surface area (Å²) in [5, 5.41) is 3.48. The van der Waals surface area contributed by atoms with Gasteiger partial charge >= 0.3 is 0 Å². The molecule has 1 N–H and O–H groups in total. The maximum Gasteiger partial charge on any atom is 0.128 e. The number of aryl methyl sites for hydroxylation is 1. The molecular weight excluding hydrogens is 280 g/mol. The molecule has 2 rings (SSSR count). The Kier molecular flexibility index (Phi) is 5.70. The largest absolute Gasteiger partial charge is 0.354 e. The number of hydrogen-bond donors (Lipinski definition) is 1. The summed E-state index contributed by atoms with van der Waals surface area (Å²) in [5.41, 5.74) is 4.24. The highest BCUT2D eigenvalue weighted by molar-refractivity contribution is 7.09. The number of hydrogen-bond acceptors (Lipinski definition) is 5. The molecular formula is C16H24N4S. The second-order valence-electron chi connectivity index (χ2n) is 5.34. The van der Waals surface area contributed by atoms with Crippen molar-refractivity contribution < 1.29 is 0 Å². The van der Waals surface area contributed by atoms with Gasteiger partial charge in [-0.1, -0.05) is 13.0 Å². The van der Waals surface area contributed by atoms with E-state index in [1.165, 1.54) is 10.4 Å². The van der Waals surface area contributed by atoms with Crippen molar-refractivity contribution in [1.29, 1.82) is 0 Å². The summed E-state index contributed by atoms with van der Waals surface area (Å²) in [5.74, 6) is 0.995. The molecule has 2 aromatic rings. The Labute approximate surface area is 131 Å². The van der Waals surface area contributed by atoms with Crippen molar-refractivity contribution >= 4 is 17.2 Å². The van der Waals surface area contributed by atoms with E-state index >= 15 is 0 Å². The molecule has 0 aromatic carbocycles. The lowest BCUT2D eigenvalue weighted by Gasteiger charge is -2.19. The number of pyridine rings is 1. The van der Waals surface area contributed by atoms with E-state index in [2.05, 4.69) is 60.1 Å². The van der Waals surface area contributed by atoms with Gasteiger partial charge in [-0.3, -0.25) is 0 Å². The average Bonchev–Trinajstić information content (AvgIpc) is 2.90. The van der Waals surface area contributed by atoms with Crippen LogP contribution in [-0.2, 0) is 6.54 Å². The molecule has 0 amide bonds. The molecule has 2 heterocycles. The highest BCUT2D eigenvalue weighted by Crippen LogP contribution is 2.19. The summed E-state index contributed by atoms with van der Waals surface area (Å²) < 4.78 is 0. The second kappa shape index (κ2) is 7.52. The van der Waals surface area contributed by atoms with Crippen molar-refractivity contribution in [2.75, 3.05) is 18.5 Å². The summed E-state index contributed by atoms with van der Waals surface area (Å²) in [6.45, 7) is 8.30. The van der Waals surface area contributed by atoms with Crippen molar-refractivity contribution in [2.45, 2.75) is 39.8 Å². The van der Waals surface area contributed by atoms with Crippen LogP contribution in [0.15, 0.2) is 23.8 Å². The highest BCUT2D eigenvalue weighted by atomic mass is 32.1. The molecule has 1 unspecified atom stereocenters. The van der Waals surface area contributed by atoms with Gasteiger partial charge < -0.3 is 10.2 Å². The Balaban J connectivity index is 1.99. The van der Waals surface area contributed by atoms with E-state index in [0.29, 0.717) is 6.04 Å². The van der Waals surface area contributed by atoms with Gasteiger partial charge in [-0.05, 0) is 38.4 Å². The van der Waals surface area contributed by atoms with Gasteiger partial charge in [0.1, 0.15) is 5.82 Å². The van der Waals surface area contributed by atoms with Crippen LogP contribution in [0, 0.1) is 6.92 Å². The topological polar surface area (TPSA) is 41.0 Å². The maximum atomic E-state index is 4.59. The molecule has 114 valence electrons. The van der Waals surface area contributed by atoms with Gasteiger partial charge in [0.05, 0.1) is 17.7 Å². The van der Waals surface area contributed by atoms with E-state index < -0.39 is 0 Å². The number of nitrogens with one attached hydrogen (secondary N) is 1. The predicted octanol–water partition coefficient (Wildman–Crippen LogP) is 3.54. The fourth-order valence-corrected chi connectivity index (χ4v) is 2.96. The summed E-state index contributed by atoms with van der Waals surface area (Å²) in [7, 11) is 2.07. The predicted molar refractivity (Wildman–Crippen MR) is 89.9 cm³/mol. The van der Waals surface area contributed by atoms with E-state index in [9.17, 15) is 0 Å². The molecule has 0 saturated heterocycles. The molecule has 0 radical (unpaired) electrons. The zero-order chi connectivity index (χ0) is 15.2. The lowest BCUT2D eigenvalue weighted by atomic mass is 10.1. The number of anilines is 1. The van der Waals surface area contributed by atoms with Crippen LogP contribution in [-0.4, -0.2) is 23.6 Å². The van der Waals surface area contributed by atoms with Gasteiger partial charge in [0, 0.05) is 24.2 Å². The van der Waals surface area contributed by atoms with Crippen LogP contribution in [0.25, 0.3) is 0 Å². The minimum atomic E-state index is 0.348. The SMILES string of the molecule is CCCNC(C)c1ccc(N(C)Cc2scnc2C)nc1. The third-order valence-corrected chi connectivity index (χ3v) is 4.51. The molecule has 0 aliphatic rings. The number of thiazole rings is 1. The molecule has 0 bridgehead atoms. The quantitative estimate of drug-likeness (QED) is 0.849. The normalized spacial score (nSPS) is 12.4. The zero-order valence-electron chi connectivity index (χ0n) is 13.3. The smallest absolute Gasteiger partial charge is 0.128 e. The fourth-order valence-electron chi connectivity index (χ4n) is 2.13. The van der Waals surface area contributed by atoms with Crippen LogP contribution >= 0.6 is 11.3 Å². The van der Waals surface area contributed by atoms with Crippen LogP contribution in [0.5, 0.6) is 0 Å². The van der Waals surface area contributed by atoms with Crippen molar-refractivity contribution in [2.24, 2.45) is 0 Å². The Bertz CT molecular complexity index is 550. The molecule has 0 fully saturated rings. The number of nitrogens with zero attached hydrogens (tertiary/aromatic N) is 3. The first kappa shape index (κ1) is 15.9. The van der Waals surface area contributed by atoms with E-state index in [0.717, 1.165) is 31.0 Å². The lowest BCUT2D eigenvalue weighted by Crippen LogP contribution is -2.20. The Morgan fingerprint density at radius 1 is 1.33 bits per heavy atom. The Hall–Kier alpha value is -1.46. The minimum Gasteiger partial charge on any atom is -0.354 e. The van der Waals surface area contributed by atoms with Gasteiger partial charge in [0.15, 0.2) is 0 Å². The van der Waals surface area contributed by atoms with Crippen LogP contribution in [0.1, 0.15) is 42.4 Å². The first-order valence-electron chi connectivity index (χ1n) is 7.41. The Morgan fingerprint density at radius 3 is 2.71 bits per heavy atom. The third kappa shape index (κ3) is 4.25. The molecule has 1 atom stereocenters. The summed E-state index contributed by atoms with van der Waals surface area (Å²) in [6.07, 6.45) is 3.12. The van der Waals surface area contributed by atoms with Crippen molar-refractivity contribution in [3.63, 3.8) is 0 Å². The monoisotopic (exact) mass is 304 g/mol. The summed E-state index contributed by atoms with van der Waals surface area (Å²) in [4.78, 5) is 12.3. The van der Waals surface area contributed by atoms with Gasteiger partial charge in [0.2, 0.25) is 0 Å². The lowest BCUT2D eigenvalue weighted by molar-refractivity contribution is 0.569. The van der Waals surface area contributed by atoms with Gasteiger partial charge in [-0.25, -0.2) is 9.97 Å². The second-order valence-corrected chi connectivity index (χ2v) is 6.28. The standard InChI is InChI=1S/C16H24N4S/c1-5-8-17-12(2)14-6-7-16(18-9-14)20(4)10-15-13(3)19-11-21-15/h6-7,9,11-12,17H,5,8,10H2,1-4H3. The van der Waals surface area contributed by atoms with Crippen LogP contribution < -0.4 is 10.2 Å². The molecule has 0 aliphatic carbocycles. The van der Waals surface area contributed by atoms with E-state index in [4.69, 9.17) is 0 Å². The summed E-state index contributed by atoms with van der Waals surface area (Å²) >= 11 is 1.70. The summed E-state index contributed by atoms with van der Waals surface area (Å²) in [6, 6.07) is 4.60. The number of rotatable bonds is 7. The van der Waals surface area contributed by atoms with Crippen LogP contribution in [0.3, 0.4) is 0 Å². The van der Waals surface area contributed by atoms with Gasteiger partial charge in [-0.15, -0.1) is 11.3 Å². The Morgan fingerprint density at radius 2 is 2.14 bits per heavy atom. The van der Waals surface area contributed by atoms with E-state index in [-0.39, 0.29) is 0 Å². The van der Waals surface area contributed by atoms with E-state index in [1.54, 1.807) is 11.3 Å². The molecule has 4 nitrogen and oxygen atoms in total. The van der Waals surface area contributed by atoms with Crippen molar-refractivity contribution in [3.05, 3.63) is 40.0 Å². The zero-order valence-corrected chi connectivity index (χ0v) is 14.1. The molecule has 2 aromatic heterocycles. The molecule has 5 heteroatoms. The molecule has 0 aliphatic heterocycles. The van der Waals surface area contributed by atoms with E-state index in [1.807, 2.05) is 11.7 Å².